The Kier molecular flexibility index (Phi) is 3.53. The number of anilines is 1. The lowest BCUT2D eigenvalue weighted by Gasteiger charge is -2.06. The van der Waals surface area contributed by atoms with E-state index in [-0.39, 0.29) is 17.9 Å². The molecular formula is C11H12N2O3S2. The molecule has 18 heavy (non-hydrogen) atoms. The van der Waals surface area contributed by atoms with Gasteiger partial charge in [-0.2, -0.15) is 0 Å². The molecule has 2 aromatic rings. The Morgan fingerprint density at radius 1 is 1.28 bits per heavy atom. The Hall–Kier alpha value is -1.60. The third kappa shape index (κ3) is 2.80. The zero-order chi connectivity index (χ0) is 13.2. The molecule has 0 saturated carbocycles. The van der Waals surface area contributed by atoms with Crippen molar-refractivity contribution < 1.29 is 8.42 Å². The van der Waals surface area contributed by atoms with Gasteiger partial charge in [0, 0.05) is 24.5 Å². The zero-order valence-electron chi connectivity index (χ0n) is 9.44. The van der Waals surface area contributed by atoms with E-state index in [9.17, 15) is 13.2 Å². The summed E-state index contributed by atoms with van der Waals surface area (Å²) in [6.07, 6.45) is 1.45. The van der Waals surface area contributed by atoms with Crippen LogP contribution in [0.5, 0.6) is 0 Å². The van der Waals surface area contributed by atoms with Crippen molar-refractivity contribution in [1.29, 1.82) is 0 Å². The van der Waals surface area contributed by atoms with Crippen molar-refractivity contribution in [3.8, 4) is 0 Å². The highest BCUT2D eigenvalue weighted by atomic mass is 32.2. The second kappa shape index (κ2) is 4.95. The summed E-state index contributed by atoms with van der Waals surface area (Å²) in [6, 6.07) is 6.06. The van der Waals surface area contributed by atoms with E-state index in [1.165, 1.54) is 34.2 Å². The van der Waals surface area contributed by atoms with Gasteiger partial charge in [0.1, 0.15) is 4.21 Å². The number of hydrogen-bond donors (Lipinski definition) is 1. The van der Waals surface area contributed by atoms with E-state index in [1.54, 1.807) is 17.5 Å². The van der Waals surface area contributed by atoms with Crippen LogP contribution in [0.2, 0.25) is 0 Å². The van der Waals surface area contributed by atoms with E-state index < -0.39 is 9.84 Å². The molecule has 2 heterocycles. The summed E-state index contributed by atoms with van der Waals surface area (Å²) in [5, 5.41) is 1.71. The Bertz CT molecular complexity index is 687. The van der Waals surface area contributed by atoms with E-state index in [1.807, 2.05) is 0 Å². The van der Waals surface area contributed by atoms with Crippen molar-refractivity contribution in [2.75, 3.05) is 11.5 Å². The minimum atomic E-state index is -3.33. The fourth-order valence-corrected chi connectivity index (χ4v) is 3.86. The Morgan fingerprint density at radius 2 is 2.06 bits per heavy atom. The van der Waals surface area contributed by atoms with Crippen LogP contribution in [0.25, 0.3) is 0 Å². The topological polar surface area (TPSA) is 82.2 Å². The monoisotopic (exact) mass is 284 g/mol. The molecule has 2 rings (SSSR count). The molecule has 0 aliphatic heterocycles. The van der Waals surface area contributed by atoms with E-state index in [4.69, 9.17) is 5.73 Å². The lowest BCUT2D eigenvalue weighted by atomic mass is 10.4. The van der Waals surface area contributed by atoms with Gasteiger partial charge in [-0.3, -0.25) is 4.79 Å². The lowest BCUT2D eigenvalue weighted by molar-refractivity contribution is 0.589. The standard InChI is InChI=1S/C11H12N2O3S2/c12-9-3-4-10(14)13(8-9)5-7-18(15,16)11-2-1-6-17-11/h1-4,6,8H,5,7,12H2. The van der Waals surface area contributed by atoms with Gasteiger partial charge in [-0.1, -0.05) is 6.07 Å². The number of pyridine rings is 1. The molecule has 2 aromatic heterocycles. The first-order chi connectivity index (χ1) is 8.49. The molecule has 0 radical (unpaired) electrons. The molecule has 96 valence electrons. The highest BCUT2D eigenvalue weighted by Crippen LogP contribution is 2.17. The minimum absolute atomic E-state index is 0.101. The summed E-state index contributed by atoms with van der Waals surface area (Å²) in [6.45, 7) is 0.101. The largest absolute Gasteiger partial charge is 0.398 e. The molecule has 2 N–H and O–H groups in total. The molecule has 0 unspecified atom stereocenters. The van der Waals surface area contributed by atoms with Gasteiger partial charge in [-0.15, -0.1) is 11.3 Å². The number of nitrogen functional groups attached to an aromatic ring is 1. The average Bonchev–Trinajstić information content (AvgIpc) is 2.85. The molecule has 0 saturated heterocycles. The van der Waals surface area contributed by atoms with Crippen LogP contribution in [0.4, 0.5) is 5.69 Å². The predicted molar refractivity (Wildman–Crippen MR) is 71.5 cm³/mol. The van der Waals surface area contributed by atoms with Crippen LogP contribution in [-0.2, 0) is 16.4 Å². The zero-order valence-corrected chi connectivity index (χ0v) is 11.1. The molecule has 0 fully saturated rings. The van der Waals surface area contributed by atoms with Crippen LogP contribution in [0.15, 0.2) is 44.8 Å². The second-order valence-electron chi connectivity index (χ2n) is 3.75. The van der Waals surface area contributed by atoms with Gasteiger partial charge in [-0.05, 0) is 17.5 Å². The predicted octanol–water partition coefficient (Wildman–Crippen LogP) is 0.966. The first kappa shape index (κ1) is 12.8. The van der Waals surface area contributed by atoms with Gasteiger partial charge in [0.2, 0.25) is 0 Å². The van der Waals surface area contributed by atoms with E-state index in [0.717, 1.165) is 0 Å². The fraction of sp³-hybridized carbons (Fsp3) is 0.182. The molecule has 7 heteroatoms. The van der Waals surface area contributed by atoms with Crippen molar-refractivity contribution in [3.63, 3.8) is 0 Å². The first-order valence-corrected chi connectivity index (χ1v) is 7.74. The number of aryl methyl sites for hydroxylation is 1. The molecular weight excluding hydrogens is 272 g/mol. The molecule has 0 aromatic carbocycles. The van der Waals surface area contributed by atoms with Gasteiger partial charge in [-0.25, -0.2) is 8.42 Å². The number of thiophene rings is 1. The van der Waals surface area contributed by atoms with E-state index in [2.05, 4.69) is 0 Å². The lowest BCUT2D eigenvalue weighted by Crippen LogP contribution is -2.23. The number of sulfone groups is 1. The van der Waals surface area contributed by atoms with Gasteiger partial charge in [0.15, 0.2) is 9.84 Å². The molecule has 0 spiro atoms. The third-order valence-electron chi connectivity index (χ3n) is 2.41. The number of hydrogen-bond acceptors (Lipinski definition) is 5. The van der Waals surface area contributed by atoms with Crippen LogP contribution in [0.1, 0.15) is 0 Å². The van der Waals surface area contributed by atoms with E-state index in [0.29, 0.717) is 9.90 Å². The SMILES string of the molecule is Nc1ccc(=O)n(CCS(=O)(=O)c2cccs2)c1. The Morgan fingerprint density at radius 3 is 2.72 bits per heavy atom. The summed E-state index contributed by atoms with van der Waals surface area (Å²) >= 11 is 1.17. The van der Waals surface area contributed by atoms with Crippen LogP contribution in [-0.4, -0.2) is 18.7 Å². The number of nitrogens with zero attached hydrogens (tertiary/aromatic N) is 1. The fourth-order valence-electron chi connectivity index (χ4n) is 1.48. The van der Waals surface area contributed by atoms with Crippen molar-refractivity contribution in [1.82, 2.24) is 4.57 Å². The van der Waals surface area contributed by atoms with Crippen LogP contribution < -0.4 is 11.3 Å². The van der Waals surface area contributed by atoms with Crippen molar-refractivity contribution in [2.45, 2.75) is 10.8 Å². The summed E-state index contributed by atoms with van der Waals surface area (Å²) in [7, 11) is -3.33. The Balaban J connectivity index is 2.18. The molecule has 0 amide bonds. The normalized spacial score (nSPS) is 11.6. The number of rotatable bonds is 4. The van der Waals surface area contributed by atoms with Crippen LogP contribution in [0.3, 0.4) is 0 Å². The average molecular weight is 284 g/mol. The smallest absolute Gasteiger partial charge is 0.250 e. The maximum atomic E-state index is 11.9. The maximum absolute atomic E-state index is 11.9. The highest BCUT2D eigenvalue weighted by Gasteiger charge is 2.15. The second-order valence-corrected chi connectivity index (χ2v) is 7.03. The van der Waals surface area contributed by atoms with Gasteiger partial charge < -0.3 is 10.3 Å². The maximum Gasteiger partial charge on any atom is 0.250 e. The summed E-state index contributed by atoms with van der Waals surface area (Å²) in [5.41, 5.74) is 5.73. The molecule has 0 aliphatic carbocycles. The van der Waals surface area contributed by atoms with Crippen molar-refractivity contribution >= 4 is 26.9 Å². The van der Waals surface area contributed by atoms with Gasteiger partial charge >= 0.3 is 0 Å². The first-order valence-electron chi connectivity index (χ1n) is 5.21. The van der Waals surface area contributed by atoms with Gasteiger partial charge in [0.05, 0.1) is 5.75 Å². The summed E-state index contributed by atoms with van der Waals surface area (Å²) in [5.74, 6) is -0.114. The quantitative estimate of drug-likeness (QED) is 0.906. The molecule has 0 aliphatic rings. The van der Waals surface area contributed by atoms with Crippen molar-refractivity contribution in [2.24, 2.45) is 0 Å². The highest BCUT2D eigenvalue weighted by molar-refractivity contribution is 7.93. The van der Waals surface area contributed by atoms with Crippen LogP contribution in [0, 0.1) is 0 Å². The Labute approximate surface area is 108 Å². The minimum Gasteiger partial charge on any atom is -0.398 e. The van der Waals surface area contributed by atoms with Crippen LogP contribution >= 0.6 is 11.3 Å². The van der Waals surface area contributed by atoms with E-state index >= 15 is 0 Å². The van der Waals surface area contributed by atoms with Gasteiger partial charge in [0.25, 0.3) is 5.56 Å². The number of nitrogens with two attached hydrogens (primary N) is 1. The van der Waals surface area contributed by atoms with Crippen molar-refractivity contribution in [3.05, 3.63) is 46.2 Å². The molecule has 5 nitrogen and oxygen atoms in total. The number of aromatic nitrogens is 1. The molecule has 0 atom stereocenters. The third-order valence-corrected chi connectivity index (χ3v) is 5.59. The summed E-state index contributed by atoms with van der Waals surface area (Å²) in [4.78, 5) is 11.5. The summed E-state index contributed by atoms with van der Waals surface area (Å²) < 4.78 is 25.5. The molecule has 0 bridgehead atoms.